The number of nitrogens with zero attached hydrogens (tertiary/aromatic N) is 2. The van der Waals surface area contributed by atoms with Crippen LogP contribution in [0.15, 0.2) is 29.3 Å². The number of hydrogen-bond acceptors (Lipinski definition) is 7. The van der Waals surface area contributed by atoms with E-state index in [4.69, 9.17) is 22.3 Å². The summed E-state index contributed by atoms with van der Waals surface area (Å²) in [6, 6.07) is 3.61. The Morgan fingerprint density at radius 3 is 2.49 bits per heavy atom. The number of likely N-dealkylation sites (tertiary alicyclic amines) is 1. The largest absolute Gasteiger partial charge is 0.508 e. The summed E-state index contributed by atoms with van der Waals surface area (Å²) in [5.41, 5.74) is 17.5. The fourth-order valence-corrected chi connectivity index (χ4v) is 3.82. The predicted octanol–water partition coefficient (Wildman–Crippen LogP) is -2.01. The van der Waals surface area contributed by atoms with Gasteiger partial charge >= 0.3 is 5.97 Å². The topological polar surface area (TPSA) is 226 Å². The summed E-state index contributed by atoms with van der Waals surface area (Å²) in [5.74, 6) is -2.81. The molecule has 0 radical (unpaired) electrons. The normalized spacial score (nSPS) is 16.7. The monoisotopic (exact) mass is 491 g/mol. The first-order chi connectivity index (χ1) is 16.6. The molecule has 1 saturated heterocycles. The van der Waals surface area contributed by atoms with Gasteiger partial charge in [-0.15, -0.1) is 0 Å². The Morgan fingerprint density at radius 1 is 1.17 bits per heavy atom. The van der Waals surface area contributed by atoms with Crippen molar-refractivity contribution in [3.8, 4) is 5.75 Å². The van der Waals surface area contributed by atoms with Crippen LogP contribution in [0.1, 0.15) is 31.2 Å². The Balaban J connectivity index is 2.03. The second-order valence-electron chi connectivity index (χ2n) is 8.29. The van der Waals surface area contributed by atoms with Gasteiger partial charge in [-0.3, -0.25) is 24.2 Å². The summed E-state index contributed by atoms with van der Waals surface area (Å²) in [7, 11) is 0. The summed E-state index contributed by atoms with van der Waals surface area (Å²) >= 11 is 0. The molecule has 192 valence electrons. The summed E-state index contributed by atoms with van der Waals surface area (Å²) in [4.78, 5) is 54.6. The van der Waals surface area contributed by atoms with Gasteiger partial charge in [0.1, 0.15) is 24.4 Å². The number of amides is 3. The number of benzene rings is 1. The molecule has 10 N–H and O–H groups in total. The first-order valence-electron chi connectivity index (χ1n) is 11.3. The zero-order valence-corrected chi connectivity index (χ0v) is 19.4. The highest BCUT2D eigenvalue weighted by atomic mass is 16.4. The number of hydrogen-bond donors (Lipinski definition) is 7. The Bertz CT molecular complexity index is 933. The fourth-order valence-electron chi connectivity index (χ4n) is 3.82. The molecular weight excluding hydrogens is 458 g/mol. The van der Waals surface area contributed by atoms with Crippen LogP contribution in [0.4, 0.5) is 0 Å². The van der Waals surface area contributed by atoms with Gasteiger partial charge in [0, 0.05) is 13.1 Å². The molecule has 13 heteroatoms. The van der Waals surface area contributed by atoms with Crippen LogP contribution < -0.4 is 27.8 Å². The smallest absolute Gasteiger partial charge is 0.322 e. The van der Waals surface area contributed by atoms with Crippen LogP contribution >= 0.6 is 0 Å². The van der Waals surface area contributed by atoms with Gasteiger partial charge in [0.05, 0.1) is 6.04 Å². The number of guanidine groups is 1. The third kappa shape index (κ3) is 8.77. The van der Waals surface area contributed by atoms with Crippen molar-refractivity contribution in [2.45, 2.75) is 50.2 Å². The number of carboxylic acid groups (broad SMARTS) is 1. The van der Waals surface area contributed by atoms with Gasteiger partial charge in [-0.25, -0.2) is 0 Å². The number of carbonyl (C=O) groups excluding carboxylic acids is 3. The Morgan fingerprint density at radius 2 is 1.86 bits per heavy atom. The quantitative estimate of drug-likeness (QED) is 0.0972. The molecule has 0 saturated carbocycles. The zero-order valence-electron chi connectivity index (χ0n) is 19.4. The molecule has 1 aromatic rings. The van der Waals surface area contributed by atoms with Crippen LogP contribution in [0, 0.1) is 0 Å². The van der Waals surface area contributed by atoms with Gasteiger partial charge < -0.3 is 42.9 Å². The van der Waals surface area contributed by atoms with E-state index in [9.17, 15) is 24.3 Å². The maximum absolute atomic E-state index is 13.0. The molecule has 13 nitrogen and oxygen atoms in total. The van der Waals surface area contributed by atoms with E-state index < -0.39 is 48.4 Å². The van der Waals surface area contributed by atoms with E-state index in [-0.39, 0.29) is 31.1 Å². The molecule has 0 bridgehead atoms. The van der Waals surface area contributed by atoms with Gasteiger partial charge in [0.2, 0.25) is 17.7 Å². The lowest BCUT2D eigenvalue weighted by Gasteiger charge is -2.28. The Labute approximate surface area is 202 Å². The van der Waals surface area contributed by atoms with Crippen LogP contribution in [0.25, 0.3) is 0 Å². The van der Waals surface area contributed by atoms with Crippen molar-refractivity contribution in [1.82, 2.24) is 15.5 Å². The fraction of sp³-hybridized carbons (Fsp3) is 0.500. The number of nitrogens with one attached hydrogen (secondary N) is 2. The molecule has 0 aliphatic carbocycles. The Hall–Kier alpha value is -3.87. The lowest BCUT2D eigenvalue weighted by molar-refractivity contribution is -0.141. The summed E-state index contributed by atoms with van der Waals surface area (Å²) < 4.78 is 0. The lowest BCUT2D eigenvalue weighted by atomic mass is 10.0. The number of phenols is 1. The van der Waals surface area contributed by atoms with Gasteiger partial charge in [-0.2, -0.15) is 0 Å². The maximum atomic E-state index is 13.0. The molecule has 2 rings (SSSR count). The van der Waals surface area contributed by atoms with E-state index in [0.29, 0.717) is 25.8 Å². The zero-order chi connectivity index (χ0) is 26.0. The highest BCUT2D eigenvalue weighted by Crippen LogP contribution is 2.20. The van der Waals surface area contributed by atoms with Crippen molar-refractivity contribution in [2.24, 2.45) is 22.2 Å². The molecule has 1 fully saturated rings. The third-order valence-corrected chi connectivity index (χ3v) is 5.54. The summed E-state index contributed by atoms with van der Waals surface area (Å²) in [6.07, 6.45) is 1.75. The van der Waals surface area contributed by atoms with Crippen LogP contribution in [-0.2, 0) is 25.6 Å². The van der Waals surface area contributed by atoms with Crippen LogP contribution in [0.3, 0.4) is 0 Å². The van der Waals surface area contributed by atoms with Crippen LogP contribution in [0.2, 0.25) is 0 Å². The highest BCUT2D eigenvalue weighted by molar-refractivity contribution is 5.94. The minimum atomic E-state index is -1.22. The van der Waals surface area contributed by atoms with E-state index >= 15 is 0 Å². The lowest BCUT2D eigenvalue weighted by Crippen LogP contribution is -2.55. The maximum Gasteiger partial charge on any atom is 0.322 e. The molecule has 3 atom stereocenters. The summed E-state index contributed by atoms with van der Waals surface area (Å²) in [5, 5.41) is 23.1. The Kier molecular flexibility index (Phi) is 10.3. The number of aliphatic imine (C=N–C) groups is 1. The number of aromatic hydroxyl groups is 1. The van der Waals surface area contributed by atoms with Crippen molar-refractivity contribution in [2.75, 3.05) is 19.6 Å². The number of carbonyl (C=O) groups is 4. The number of carboxylic acids is 1. The van der Waals surface area contributed by atoms with Crippen molar-refractivity contribution >= 4 is 29.7 Å². The van der Waals surface area contributed by atoms with Crippen molar-refractivity contribution in [3.05, 3.63) is 29.8 Å². The van der Waals surface area contributed by atoms with E-state index in [0.717, 1.165) is 5.56 Å². The van der Waals surface area contributed by atoms with Gasteiger partial charge in [0.15, 0.2) is 5.96 Å². The van der Waals surface area contributed by atoms with Crippen LogP contribution in [0.5, 0.6) is 5.75 Å². The molecule has 1 heterocycles. The molecular formula is C22H33N7O6. The molecule has 1 aliphatic rings. The van der Waals surface area contributed by atoms with Crippen molar-refractivity contribution in [3.63, 3.8) is 0 Å². The van der Waals surface area contributed by atoms with Gasteiger partial charge in [0.25, 0.3) is 0 Å². The molecule has 0 aromatic heterocycles. The number of aliphatic carboxylic acids is 1. The van der Waals surface area contributed by atoms with Gasteiger partial charge in [-0.1, -0.05) is 12.1 Å². The molecule has 1 aliphatic heterocycles. The first kappa shape index (κ1) is 27.4. The molecule has 3 unspecified atom stereocenters. The van der Waals surface area contributed by atoms with E-state index in [2.05, 4.69) is 15.6 Å². The second kappa shape index (κ2) is 13.1. The van der Waals surface area contributed by atoms with Gasteiger partial charge in [-0.05, 0) is 49.8 Å². The molecule has 35 heavy (non-hydrogen) atoms. The predicted molar refractivity (Wildman–Crippen MR) is 127 cm³/mol. The molecule has 1 aromatic carbocycles. The van der Waals surface area contributed by atoms with E-state index in [1.165, 1.54) is 17.0 Å². The second-order valence-corrected chi connectivity index (χ2v) is 8.29. The first-order valence-corrected chi connectivity index (χ1v) is 11.3. The average molecular weight is 492 g/mol. The standard InChI is InChI=1S/C22H33N7O6/c23-15(11-13-5-7-14(30)8-6-13)21(35)29-10-2-4-17(29)20(34)28-16(3-1-9-26-22(24)25)19(33)27-12-18(31)32/h5-8,15-17,30H,1-4,9-12,23H2,(H,27,33)(H,28,34)(H,31,32)(H4,24,25,26). The summed E-state index contributed by atoms with van der Waals surface area (Å²) in [6.45, 7) is -0.0269. The number of nitrogens with two attached hydrogens (primary N) is 3. The van der Waals surface area contributed by atoms with E-state index in [1.807, 2.05) is 0 Å². The SMILES string of the molecule is NC(N)=NCCCC(NC(=O)C1CCCN1C(=O)C(N)Cc1ccc(O)cc1)C(=O)NCC(=O)O. The minimum Gasteiger partial charge on any atom is -0.508 e. The van der Waals surface area contributed by atoms with E-state index in [1.54, 1.807) is 12.1 Å². The molecule has 3 amide bonds. The third-order valence-electron chi connectivity index (χ3n) is 5.54. The average Bonchev–Trinajstić information content (AvgIpc) is 3.30. The van der Waals surface area contributed by atoms with Crippen molar-refractivity contribution in [1.29, 1.82) is 0 Å². The number of phenolic OH excluding ortho intramolecular Hbond substituents is 1. The highest BCUT2D eigenvalue weighted by Gasteiger charge is 2.37. The molecule has 0 spiro atoms. The number of rotatable bonds is 12. The van der Waals surface area contributed by atoms with Crippen LogP contribution in [-0.4, -0.2) is 82.5 Å². The van der Waals surface area contributed by atoms with Crippen molar-refractivity contribution < 1.29 is 29.4 Å². The minimum absolute atomic E-state index is 0.102.